The van der Waals surface area contributed by atoms with Crippen molar-refractivity contribution in [2.75, 3.05) is 10.6 Å². The molecule has 0 aliphatic heterocycles. The molecule has 0 unspecified atom stereocenters. The van der Waals surface area contributed by atoms with E-state index in [0.717, 1.165) is 5.69 Å². The average molecular weight is 286 g/mol. The van der Waals surface area contributed by atoms with E-state index < -0.39 is 11.0 Å². The van der Waals surface area contributed by atoms with Crippen molar-refractivity contribution in [3.05, 3.63) is 64.2 Å². The first-order valence-corrected chi connectivity index (χ1v) is 6.19. The number of nitrogens with zero attached hydrogens (tertiary/aromatic N) is 1. The molecule has 2 aromatic carbocycles. The molecule has 7 heteroatoms. The van der Waals surface area contributed by atoms with Crippen LogP contribution in [0.15, 0.2) is 48.5 Å². The van der Waals surface area contributed by atoms with Gasteiger partial charge in [0.25, 0.3) is 5.69 Å². The summed E-state index contributed by atoms with van der Waals surface area (Å²) in [5.41, 5.74) is 6.97. The van der Waals surface area contributed by atoms with Crippen molar-refractivity contribution < 1.29 is 9.72 Å². The molecular weight excluding hydrogens is 272 g/mol. The third-order valence-electron chi connectivity index (χ3n) is 2.80. The highest BCUT2D eigenvalue weighted by molar-refractivity contribution is 5.88. The van der Waals surface area contributed by atoms with Gasteiger partial charge in [0, 0.05) is 29.5 Å². The quantitative estimate of drug-likeness (QED) is 0.579. The Morgan fingerprint density at radius 3 is 2.57 bits per heavy atom. The highest BCUT2D eigenvalue weighted by Crippen LogP contribution is 2.20. The van der Waals surface area contributed by atoms with Crippen molar-refractivity contribution in [3.63, 3.8) is 0 Å². The lowest BCUT2D eigenvalue weighted by atomic mass is 10.1. The van der Waals surface area contributed by atoms with Crippen molar-refractivity contribution in [2.24, 2.45) is 5.73 Å². The maximum atomic E-state index is 10.9. The number of nitro groups is 1. The topological polar surface area (TPSA) is 110 Å². The van der Waals surface area contributed by atoms with Gasteiger partial charge in [-0.05, 0) is 18.2 Å². The minimum atomic E-state index is -0.647. The summed E-state index contributed by atoms with van der Waals surface area (Å²) in [7, 11) is 0. The van der Waals surface area contributed by atoms with Gasteiger partial charge in [0.05, 0.1) is 4.92 Å². The Morgan fingerprint density at radius 2 is 1.86 bits per heavy atom. The zero-order chi connectivity index (χ0) is 15.2. The van der Waals surface area contributed by atoms with Crippen molar-refractivity contribution in [1.29, 1.82) is 0 Å². The van der Waals surface area contributed by atoms with Crippen molar-refractivity contribution in [2.45, 2.75) is 6.54 Å². The Balaban J connectivity index is 2.10. The molecule has 0 heterocycles. The molecule has 7 nitrogen and oxygen atoms in total. The SMILES string of the molecule is NC(=O)Nc1cccc(NCc2ccccc2[N+](=O)[O-])c1. The predicted octanol–water partition coefficient (Wildman–Crippen LogP) is 2.70. The number of nitrogens with one attached hydrogen (secondary N) is 2. The molecule has 108 valence electrons. The fourth-order valence-corrected chi connectivity index (χ4v) is 1.88. The van der Waals surface area contributed by atoms with Crippen LogP contribution >= 0.6 is 0 Å². The summed E-state index contributed by atoms with van der Waals surface area (Å²) in [6.45, 7) is 0.303. The van der Waals surface area contributed by atoms with Crippen LogP contribution in [0.4, 0.5) is 21.9 Å². The fourth-order valence-electron chi connectivity index (χ4n) is 1.88. The van der Waals surface area contributed by atoms with E-state index in [0.29, 0.717) is 17.8 Å². The number of nitro benzene ring substituents is 1. The number of anilines is 2. The second-order valence-electron chi connectivity index (χ2n) is 4.31. The maximum absolute atomic E-state index is 10.9. The first kappa shape index (κ1) is 14.3. The Labute approximate surface area is 120 Å². The molecule has 0 bridgehead atoms. The molecule has 0 aromatic heterocycles. The van der Waals surface area contributed by atoms with Gasteiger partial charge in [-0.1, -0.05) is 24.3 Å². The molecule has 0 aliphatic rings. The van der Waals surface area contributed by atoms with Crippen LogP contribution in [0, 0.1) is 10.1 Å². The van der Waals surface area contributed by atoms with E-state index in [-0.39, 0.29) is 5.69 Å². The number of carbonyl (C=O) groups excluding carboxylic acids is 1. The van der Waals surface area contributed by atoms with Gasteiger partial charge in [0.15, 0.2) is 0 Å². The number of rotatable bonds is 5. The first-order chi connectivity index (χ1) is 10.1. The molecule has 0 spiro atoms. The Kier molecular flexibility index (Phi) is 4.35. The van der Waals surface area contributed by atoms with Crippen LogP contribution in [-0.4, -0.2) is 11.0 Å². The van der Waals surface area contributed by atoms with Gasteiger partial charge >= 0.3 is 6.03 Å². The summed E-state index contributed by atoms with van der Waals surface area (Å²) >= 11 is 0. The Morgan fingerprint density at radius 1 is 1.14 bits per heavy atom. The van der Waals surface area contributed by atoms with Crippen LogP contribution in [-0.2, 0) is 6.54 Å². The van der Waals surface area contributed by atoms with Gasteiger partial charge in [-0.15, -0.1) is 0 Å². The molecule has 4 N–H and O–H groups in total. The predicted molar refractivity (Wildman–Crippen MR) is 80.1 cm³/mol. The van der Waals surface area contributed by atoms with E-state index in [1.807, 2.05) is 0 Å². The van der Waals surface area contributed by atoms with E-state index in [4.69, 9.17) is 5.73 Å². The number of para-hydroxylation sites is 1. The van der Waals surface area contributed by atoms with E-state index in [1.54, 1.807) is 42.5 Å². The van der Waals surface area contributed by atoms with Crippen LogP contribution in [0.1, 0.15) is 5.56 Å². The van der Waals surface area contributed by atoms with Crippen molar-refractivity contribution in [3.8, 4) is 0 Å². The number of nitrogens with two attached hydrogens (primary N) is 1. The van der Waals surface area contributed by atoms with E-state index in [9.17, 15) is 14.9 Å². The number of hydrogen-bond acceptors (Lipinski definition) is 4. The number of hydrogen-bond donors (Lipinski definition) is 3. The number of benzene rings is 2. The molecule has 0 radical (unpaired) electrons. The lowest BCUT2D eigenvalue weighted by Gasteiger charge is -2.09. The standard InChI is InChI=1S/C14H14N4O3/c15-14(19)17-12-6-3-5-11(8-12)16-9-10-4-1-2-7-13(10)18(20)21/h1-8,16H,9H2,(H3,15,17,19). The summed E-state index contributed by atoms with van der Waals surface area (Å²) in [6, 6.07) is 12.8. The summed E-state index contributed by atoms with van der Waals surface area (Å²) in [5, 5.41) is 16.5. The lowest BCUT2D eigenvalue weighted by Crippen LogP contribution is -2.19. The van der Waals surface area contributed by atoms with Gasteiger partial charge in [-0.2, -0.15) is 0 Å². The zero-order valence-electron chi connectivity index (χ0n) is 11.1. The summed E-state index contributed by atoms with van der Waals surface area (Å²) in [6.07, 6.45) is 0. The lowest BCUT2D eigenvalue weighted by molar-refractivity contribution is -0.385. The highest BCUT2D eigenvalue weighted by atomic mass is 16.6. The fraction of sp³-hybridized carbons (Fsp3) is 0.0714. The smallest absolute Gasteiger partial charge is 0.316 e. The number of primary amides is 1. The zero-order valence-corrected chi connectivity index (χ0v) is 11.1. The molecule has 0 atom stereocenters. The molecule has 0 aliphatic carbocycles. The van der Waals surface area contributed by atoms with Crippen molar-refractivity contribution >= 4 is 23.1 Å². The summed E-state index contributed by atoms with van der Waals surface area (Å²) in [5.74, 6) is 0. The molecule has 0 saturated carbocycles. The second-order valence-corrected chi connectivity index (χ2v) is 4.31. The normalized spacial score (nSPS) is 9.90. The molecule has 2 rings (SSSR count). The van der Waals surface area contributed by atoms with Gasteiger partial charge in [0.1, 0.15) is 0 Å². The average Bonchev–Trinajstić information content (AvgIpc) is 2.45. The maximum Gasteiger partial charge on any atom is 0.316 e. The Bertz CT molecular complexity index is 673. The third kappa shape index (κ3) is 3.93. The summed E-state index contributed by atoms with van der Waals surface area (Å²) in [4.78, 5) is 21.3. The number of carbonyl (C=O) groups is 1. The molecule has 0 saturated heterocycles. The minimum Gasteiger partial charge on any atom is -0.381 e. The van der Waals surface area contributed by atoms with Gasteiger partial charge in [-0.3, -0.25) is 10.1 Å². The number of amides is 2. The molecule has 21 heavy (non-hydrogen) atoms. The van der Waals surface area contributed by atoms with Crippen LogP contribution in [0.3, 0.4) is 0 Å². The first-order valence-electron chi connectivity index (χ1n) is 6.19. The molecule has 0 fully saturated rings. The third-order valence-corrected chi connectivity index (χ3v) is 2.80. The minimum absolute atomic E-state index is 0.0661. The van der Waals surface area contributed by atoms with Crippen LogP contribution in [0.25, 0.3) is 0 Å². The van der Waals surface area contributed by atoms with Crippen LogP contribution in [0.2, 0.25) is 0 Å². The molecule has 2 aromatic rings. The molecule has 2 amide bonds. The summed E-state index contributed by atoms with van der Waals surface area (Å²) < 4.78 is 0. The van der Waals surface area contributed by atoms with E-state index in [2.05, 4.69) is 10.6 Å². The van der Waals surface area contributed by atoms with E-state index >= 15 is 0 Å². The van der Waals surface area contributed by atoms with Gasteiger partial charge in [0.2, 0.25) is 0 Å². The number of urea groups is 1. The van der Waals surface area contributed by atoms with Crippen LogP contribution in [0.5, 0.6) is 0 Å². The largest absolute Gasteiger partial charge is 0.381 e. The highest BCUT2D eigenvalue weighted by Gasteiger charge is 2.11. The van der Waals surface area contributed by atoms with Gasteiger partial charge < -0.3 is 16.4 Å². The second kappa shape index (κ2) is 6.38. The monoisotopic (exact) mass is 286 g/mol. The Hall–Kier alpha value is -3.09. The van der Waals surface area contributed by atoms with Crippen LogP contribution < -0.4 is 16.4 Å². The van der Waals surface area contributed by atoms with Gasteiger partial charge in [-0.25, -0.2) is 4.79 Å². The van der Waals surface area contributed by atoms with Crippen molar-refractivity contribution in [1.82, 2.24) is 0 Å². The van der Waals surface area contributed by atoms with E-state index in [1.165, 1.54) is 6.07 Å². The molecular formula is C14H14N4O3.